The molecule has 0 bridgehead atoms. The van der Waals surface area contributed by atoms with E-state index in [9.17, 15) is 9.59 Å². The van der Waals surface area contributed by atoms with E-state index in [1.54, 1.807) is 4.68 Å². The molecule has 0 saturated carbocycles. The van der Waals surface area contributed by atoms with Gasteiger partial charge in [-0.1, -0.05) is 6.07 Å². The van der Waals surface area contributed by atoms with E-state index in [0.29, 0.717) is 23.3 Å². The van der Waals surface area contributed by atoms with Crippen molar-refractivity contribution in [1.82, 2.24) is 19.3 Å². The van der Waals surface area contributed by atoms with Crippen LogP contribution in [0.4, 0.5) is 0 Å². The second kappa shape index (κ2) is 4.20. The van der Waals surface area contributed by atoms with Gasteiger partial charge in [0.15, 0.2) is 0 Å². The molecule has 3 heterocycles. The lowest BCUT2D eigenvalue weighted by atomic mass is 10.2. The zero-order chi connectivity index (χ0) is 13.6. The molecule has 3 rings (SSSR count). The van der Waals surface area contributed by atoms with Gasteiger partial charge >= 0.3 is 5.69 Å². The number of thiophene rings is 1. The normalized spacial score (nSPS) is 11.3. The fourth-order valence-electron chi connectivity index (χ4n) is 2.05. The minimum absolute atomic E-state index is 0.318. The average molecular weight is 276 g/mol. The molecule has 0 aliphatic rings. The molecule has 0 saturated heterocycles. The van der Waals surface area contributed by atoms with Crippen molar-refractivity contribution < 1.29 is 0 Å². The average Bonchev–Trinajstić information content (AvgIpc) is 3.02. The van der Waals surface area contributed by atoms with Crippen LogP contribution >= 0.6 is 11.3 Å². The van der Waals surface area contributed by atoms with E-state index >= 15 is 0 Å². The lowest BCUT2D eigenvalue weighted by Crippen LogP contribution is -2.32. The fourth-order valence-corrected chi connectivity index (χ4v) is 2.77. The Balaban J connectivity index is 2.51. The largest absolute Gasteiger partial charge is 0.329 e. The first kappa shape index (κ1) is 11.9. The van der Waals surface area contributed by atoms with Gasteiger partial charge in [0.05, 0.1) is 4.88 Å². The monoisotopic (exact) mass is 276 g/mol. The second-order valence-electron chi connectivity index (χ2n) is 4.16. The molecule has 19 heavy (non-hydrogen) atoms. The topological polar surface area (TPSA) is 72.7 Å². The highest BCUT2D eigenvalue weighted by Gasteiger charge is 2.18. The van der Waals surface area contributed by atoms with Crippen LogP contribution in [-0.4, -0.2) is 19.3 Å². The molecular formula is C12H12N4O2S. The summed E-state index contributed by atoms with van der Waals surface area (Å²) in [7, 11) is 1.46. The number of aromatic amines is 1. The summed E-state index contributed by atoms with van der Waals surface area (Å²) in [5.41, 5.74) is 0.370. The van der Waals surface area contributed by atoms with E-state index in [0.717, 1.165) is 9.44 Å². The van der Waals surface area contributed by atoms with Crippen molar-refractivity contribution in [2.75, 3.05) is 0 Å². The first-order valence-electron chi connectivity index (χ1n) is 5.87. The summed E-state index contributed by atoms with van der Waals surface area (Å²) < 4.78 is 2.72. The van der Waals surface area contributed by atoms with Gasteiger partial charge < -0.3 is 0 Å². The van der Waals surface area contributed by atoms with Gasteiger partial charge in [-0.3, -0.25) is 14.3 Å². The van der Waals surface area contributed by atoms with Crippen LogP contribution in [0.15, 0.2) is 27.1 Å². The molecular weight excluding hydrogens is 264 g/mol. The summed E-state index contributed by atoms with van der Waals surface area (Å²) in [6.45, 7) is 2.51. The maximum Gasteiger partial charge on any atom is 0.329 e. The molecule has 0 aliphatic heterocycles. The quantitative estimate of drug-likeness (QED) is 0.763. The lowest BCUT2D eigenvalue weighted by molar-refractivity contribution is 0.673. The van der Waals surface area contributed by atoms with Gasteiger partial charge in [0, 0.05) is 13.6 Å². The number of nitrogens with zero attached hydrogens (tertiary/aromatic N) is 3. The number of hydrogen-bond acceptors (Lipinski definition) is 4. The molecule has 98 valence electrons. The molecule has 0 aromatic carbocycles. The maximum atomic E-state index is 12.3. The SMILES string of the molecule is CCn1nc(-c2cccs2)c2c(=O)n(C)c(=O)[nH]c21. The Hall–Kier alpha value is -2.15. The zero-order valence-electron chi connectivity index (χ0n) is 10.5. The Kier molecular flexibility index (Phi) is 2.63. The molecule has 6 nitrogen and oxygen atoms in total. The Morgan fingerprint density at radius 1 is 1.42 bits per heavy atom. The number of aromatic nitrogens is 4. The predicted molar refractivity (Wildman–Crippen MR) is 74.6 cm³/mol. The molecule has 0 atom stereocenters. The molecule has 0 amide bonds. The minimum atomic E-state index is -0.426. The van der Waals surface area contributed by atoms with Gasteiger partial charge in [0.2, 0.25) is 0 Å². The third kappa shape index (κ3) is 1.66. The Labute approximate surface area is 111 Å². The van der Waals surface area contributed by atoms with Crippen LogP contribution in [0.3, 0.4) is 0 Å². The van der Waals surface area contributed by atoms with Crippen LogP contribution < -0.4 is 11.2 Å². The van der Waals surface area contributed by atoms with E-state index in [-0.39, 0.29) is 5.56 Å². The standard InChI is InChI=1S/C12H12N4O2S/c1-3-16-10-8(11(17)15(2)12(18)13-10)9(14-16)7-5-4-6-19-7/h4-6H,3H2,1-2H3,(H,13,18). The number of aryl methyl sites for hydroxylation is 1. The van der Waals surface area contributed by atoms with Gasteiger partial charge in [-0.05, 0) is 18.4 Å². The Morgan fingerprint density at radius 2 is 2.21 bits per heavy atom. The van der Waals surface area contributed by atoms with Gasteiger partial charge in [-0.2, -0.15) is 5.10 Å². The summed E-state index contributed by atoms with van der Waals surface area (Å²) in [6, 6.07) is 3.82. The van der Waals surface area contributed by atoms with E-state index in [1.807, 2.05) is 24.4 Å². The van der Waals surface area contributed by atoms with Crippen LogP contribution in [0, 0.1) is 0 Å². The maximum absolute atomic E-state index is 12.3. The number of fused-ring (bicyclic) bond motifs is 1. The summed E-state index contributed by atoms with van der Waals surface area (Å²) in [6.07, 6.45) is 0. The van der Waals surface area contributed by atoms with Crippen LogP contribution in [0.1, 0.15) is 6.92 Å². The first-order chi connectivity index (χ1) is 9.13. The molecule has 0 aliphatic carbocycles. The zero-order valence-corrected chi connectivity index (χ0v) is 11.3. The Bertz CT molecular complexity index is 854. The van der Waals surface area contributed by atoms with Gasteiger partial charge in [0.25, 0.3) is 5.56 Å². The van der Waals surface area contributed by atoms with Crippen molar-refractivity contribution in [2.24, 2.45) is 7.05 Å². The van der Waals surface area contributed by atoms with E-state index in [1.165, 1.54) is 18.4 Å². The highest BCUT2D eigenvalue weighted by Crippen LogP contribution is 2.27. The van der Waals surface area contributed by atoms with E-state index in [2.05, 4.69) is 10.1 Å². The Morgan fingerprint density at radius 3 is 2.84 bits per heavy atom. The number of hydrogen-bond donors (Lipinski definition) is 1. The first-order valence-corrected chi connectivity index (χ1v) is 6.75. The van der Waals surface area contributed by atoms with Crippen LogP contribution in [0.2, 0.25) is 0 Å². The minimum Gasteiger partial charge on any atom is -0.291 e. The number of nitrogens with one attached hydrogen (secondary N) is 1. The summed E-state index contributed by atoms with van der Waals surface area (Å²) >= 11 is 1.52. The van der Waals surface area contributed by atoms with Gasteiger partial charge in [-0.25, -0.2) is 9.48 Å². The van der Waals surface area contributed by atoms with Crippen LogP contribution in [0.25, 0.3) is 21.6 Å². The van der Waals surface area contributed by atoms with Crippen molar-refractivity contribution in [1.29, 1.82) is 0 Å². The van der Waals surface area contributed by atoms with Gasteiger partial charge in [-0.15, -0.1) is 11.3 Å². The molecule has 0 unspecified atom stereocenters. The number of H-pyrrole nitrogens is 1. The predicted octanol–water partition coefficient (Wildman–Crippen LogP) is 1.17. The second-order valence-corrected chi connectivity index (χ2v) is 5.11. The molecule has 3 aromatic rings. The van der Waals surface area contributed by atoms with Crippen molar-refractivity contribution in [2.45, 2.75) is 13.5 Å². The van der Waals surface area contributed by atoms with Crippen molar-refractivity contribution in [3.63, 3.8) is 0 Å². The molecule has 0 fully saturated rings. The molecule has 0 radical (unpaired) electrons. The third-order valence-electron chi connectivity index (χ3n) is 3.06. The molecule has 0 spiro atoms. The van der Waals surface area contributed by atoms with Crippen LogP contribution in [0.5, 0.6) is 0 Å². The fraction of sp³-hybridized carbons (Fsp3) is 0.250. The molecule has 1 N–H and O–H groups in total. The van der Waals surface area contributed by atoms with Crippen molar-refractivity contribution in [3.05, 3.63) is 38.4 Å². The third-order valence-corrected chi connectivity index (χ3v) is 3.93. The van der Waals surface area contributed by atoms with E-state index < -0.39 is 5.69 Å². The van der Waals surface area contributed by atoms with Crippen molar-refractivity contribution >= 4 is 22.4 Å². The summed E-state index contributed by atoms with van der Waals surface area (Å²) in [4.78, 5) is 27.6. The lowest BCUT2D eigenvalue weighted by Gasteiger charge is -1.99. The highest BCUT2D eigenvalue weighted by atomic mass is 32.1. The number of rotatable bonds is 2. The smallest absolute Gasteiger partial charge is 0.291 e. The molecule has 3 aromatic heterocycles. The summed E-state index contributed by atoms with van der Waals surface area (Å²) in [5, 5.41) is 6.83. The summed E-state index contributed by atoms with van der Waals surface area (Å²) in [5.74, 6) is 0. The van der Waals surface area contributed by atoms with Crippen molar-refractivity contribution in [3.8, 4) is 10.6 Å². The van der Waals surface area contributed by atoms with Gasteiger partial charge in [0.1, 0.15) is 16.7 Å². The molecule has 7 heteroatoms. The van der Waals surface area contributed by atoms with Crippen LogP contribution in [-0.2, 0) is 13.6 Å². The highest BCUT2D eigenvalue weighted by molar-refractivity contribution is 7.13. The van der Waals surface area contributed by atoms with E-state index in [4.69, 9.17) is 0 Å².